The quantitative estimate of drug-likeness (QED) is 0.801. The normalized spacial score (nSPS) is 13.1. The molecule has 0 fully saturated rings. The Bertz CT molecular complexity index is 332. The van der Waals surface area contributed by atoms with Crippen LogP contribution in [0.15, 0.2) is 18.2 Å². The van der Waals surface area contributed by atoms with Crippen LogP contribution >= 0.6 is 0 Å². The summed E-state index contributed by atoms with van der Waals surface area (Å²) < 4.78 is 13.5. The van der Waals surface area contributed by atoms with Crippen molar-refractivity contribution in [1.29, 1.82) is 0 Å². The first-order chi connectivity index (χ1) is 7.58. The number of halogens is 1. The SMILES string of the molecule is CCC(CC)CC(O)c1cc(C)ccc1F. The van der Waals surface area contributed by atoms with Crippen molar-refractivity contribution in [2.45, 2.75) is 46.1 Å². The van der Waals surface area contributed by atoms with Crippen molar-refractivity contribution >= 4 is 0 Å². The van der Waals surface area contributed by atoms with Crippen LogP contribution in [-0.2, 0) is 0 Å². The molecule has 0 spiro atoms. The molecule has 0 aliphatic carbocycles. The van der Waals surface area contributed by atoms with Crippen molar-refractivity contribution < 1.29 is 9.50 Å². The maximum Gasteiger partial charge on any atom is 0.129 e. The first kappa shape index (κ1) is 13.2. The molecular formula is C14H21FO. The van der Waals surface area contributed by atoms with Gasteiger partial charge in [0.15, 0.2) is 0 Å². The molecule has 0 amide bonds. The lowest BCUT2D eigenvalue weighted by Gasteiger charge is -2.18. The fourth-order valence-corrected chi connectivity index (χ4v) is 1.98. The van der Waals surface area contributed by atoms with Crippen LogP contribution in [0.4, 0.5) is 4.39 Å². The maximum atomic E-state index is 13.5. The summed E-state index contributed by atoms with van der Waals surface area (Å²) in [5.74, 6) is 0.166. The van der Waals surface area contributed by atoms with Gasteiger partial charge in [0, 0.05) is 5.56 Å². The Morgan fingerprint density at radius 3 is 2.44 bits per heavy atom. The Hall–Kier alpha value is -0.890. The number of aliphatic hydroxyl groups is 1. The molecule has 1 atom stereocenters. The van der Waals surface area contributed by atoms with Crippen LogP contribution in [-0.4, -0.2) is 5.11 Å². The van der Waals surface area contributed by atoms with Crippen LogP contribution < -0.4 is 0 Å². The monoisotopic (exact) mass is 224 g/mol. The van der Waals surface area contributed by atoms with Gasteiger partial charge in [-0.15, -0.1) is 0 Å². The molecule has 0 aromatic heterocycles. The molecule has 1 rings (SSSR count). The van der Waals surface area contributed by atoms with Gasteiger partial charge in [0.2, 0.25) is 0 Å². The zero-order valence-corrected chi connectivity index (χ0v) is 10.3. The molecule has 0 heterocycles. The van der Waals surface area contributed by atoms with Gasteiger partial charge in [-0.05, 0) is 25.3 Å². The Balaban J connectivity index is 2.79. The van der Waals surface area contributed by atoms with Crippen LogP contribution in [0, 0.1) is 18.7 Å². The second kappa shape index (κ2) is 6.00. The average molecular weight is 224 g/mol. The maximum absolute atomic E-state index is 13.5. The Morgan fingerprint density at radius 2 is 1.88 bits per heavy atom. The number of aliphatic hydroxyl groups excluding tert-OH is 1. The summed E-state index contributed by atoms with van der Waals surface area (Å²) in [6.07, 6.45) is 2.03. The molecule has 1 aromatic carbocycles. The second-order valence-corrected chi connectivity index (χ2v) is 4.46. The number of hydrogen-bond acceptors (Lipinski definition) is 1. The van der Waals surface area contributed by atoms with E-state index < -0.39 is 6.10 Å². The number of hydrogen-bond donors (Lipinski definition) is 1. The minimum absolute atomic E-state index is 0.302. The van der Waals surface area contributed by atoms with Crippen molar-refractivity contribution in [1.82, 2.24) is 0 Å². The predicted octanol–water partition coefficient (Wildman–Crippen LogP) is 3.99. The van der Waals surface area contributed by atoms with E-state index >= 15 is 0 Å². The lowest BCUT2D eigenvalue weighted by atomic mass is 9.92. The summed E-state index contributed by atoms with van der Waals surface area (Å²) in [6.45, 7) is 6.12. The van der Waals surface area contributed by atoms with Gasteiger partial charge in [-0.1, -0.05) is 44.4 Å². The minimum atomic E-state index is -0.676. The lowest BCUT2D eigenvalue weighted by Crippen LogP contribution is -2.08. The van der Waals surface area contributed by atoms with E-state index in [-0.39, 0.29) is 5.82 Å². The summed E-state index contributed by atoms with van der Waals surface area (Å²) in [6, 6.07) is 4.89. The van der Waals surface area contributed by atoms with E-state index in [0.717, 1.165) is 18.4 Å². The van der Waals surface area contributed by atoms with Gasteiger partial charge in [0.05, 0.1) is 6.10 Å². The summed E-state index contributed by atoms with van der Waals surface area (Å²) >= 11 is 0. The second-order valence-electron chi connectivity index (χ2n) is 4.46. The Kier molecular flexibility index (Phi) is 4.94. The molecule has 0 aliphatic rings. The molecule has 16 heavy (non-hydrogen) atoms. The smallest absolute Gasteiger partial charge is 0.129 e. The molecule has 1 aromatic rings. The minimum Gasteiger partial charge on any atom is -0.388 e. The van der Waals surface area contributed by atoms with Crippen molar-refractivity contribution in [2.24, 2.45) is 5.92 Å². The van der Waals surface area contributed by atoms with E-state index in [2.05, 4.69) is 13.8 Å². The van der Waals surface area contributed by atoms with Gasteiger partial charge in [0.1, 0.15) is 5.82 Å². The van der Waals surface area contributed by atoms with Crippen molar-refractivity contribution in [3.8, 4) is 0 Å². The zero-order valence-electron chi connectivity index (χ0n) is 10.3. The Labute approximate surface area is 97.3 Å². The number of aryl methyl sites for hydroxylation is 1. The first-order valence-electron chi connectivity index (χ1n) is 6.02. The fourth-order valence-electron chi connectivity index (χ4n) is 1.98. The molecule has 0 radical (unpaired) electrons. The van der Waals surface area contributed by atoms with E-state index in [9.17, 15) is 9.50 Å². The summed E-state index contributed by atoms with van der Waals surface area (Å²) in [5, 5.41) is 10.0. The molecule has 2 heteroatoms. The molecule has 0 aliphatic heterocycles. The largest absolute Gasteiger partial charge is 0.388 e. The van der Waals surface area contributed by atoms with E-state index in [1.807, 2.05) is 6.92 Å². The van der Waals surface area contributed by atoms with Crippen LogP contribution in [0.1, 0.15) is 50.3 Å². The zero-order chi connectivity index (χ0) is 12.1. The third-order valence-electron chi connectivity index (χ3n) is 3.22. The highest BCUT2D eigenvalue weighted by atomic mass is 19.1. The summed E-state index contributed by atoms with van der Waals surface area (Å²) in [5.41, 5.74) is 1.42. The molecule has 0 saturated heterocycles. The third kappa shape index (κ3) is 3.31. The number of benzene rings is 1. The molecule has 1 N–H and O–H groups in total. The highest BCUT2D eigenvalue weighted by Gasteiger charge is 2.16. The summed E-state index contributed by atoms with van der Waals surface area (Å²) in [7, 11) is 0. The molecule has 1 unspecified atom stereocenters. The van der Waals surface area contributed by atoms with E-state index in [1.54, 1.807) is 12.1 Å². The van der Waals surface area contributed by atoms with Gasteiger partial charge in [-0.3, -0.25) is 0 Å². The van der Waals surface area contributed by atoms with E-state index in [0.29, 0.717) is 17.9 Å². The summed E-state index contributed by atoms with van der Waals surface area (Å²) in [4.78, 5) is 0. The van der Waals surface area contributed by atoms with Gasteiger partial charge in [-0.2, -0.15) is 0 Å². The topological polar surface area (TPSA) is 20.2 Å². The van der Waals surface area contributed by atoms with Crippen LogP contribution in [0.3, 0.4) is 0 Å². The molecule has 0 bridgehead atoms. The molecule has 0 saturated carbocycles. The van der Waals surface area contributed by atoms with Crippen molar-refractivity contribution in [3.63, 3.8) is 0 Å². The highest BCUT2D eigenvalue weighted by Crippen LogP contribution is 2.27. The Morgan fingerprint density at radius 1 is 1.25 bits per heavy atom. The van der Waals surface area contributed by atoms with Crippen LogP contribution in [0.25, 0.3) is 0 Å². The molecule has 90 valence electrons. The molecular weight excluding hydrogens is 203 g/mol. The predicted molar refractivity (Wildman–Crippen MR) is 64.8 cm³/mol. The number of rotatable bonds is 5. The van der Waals surface area contributed by atoms with Crippen LogP contribution in [0.5, 0.6) is 0 Å². The van der Waals surface area contributed by atoms with Crippen molar-refractivity contribution in [3.05, 3.63) is 35.1 Å². The first-order valence-corrected chi connectivity index (χ1v) is 6.02. The molecule has 1 nitrogen and oxygen atoms in total. The van der Waals surface area contributed by atoms with Gasteiger partial charge >= 0.3 is 0 Å². The van der Waals surface area contributed by atoms with Crippen LogP contribution in [0.2, 0.25) is 0 Å². The van der Waals surface area contributed by atoms with Crippen molar-refractivity contribution in [2.75, 3.05) is 0 Å². The van der Waals surface area contributed by atoms with E-state index in [4.69, 9.17) is 0 Å². The average Bonchev–Trinajstić information content (AvgIpc) is 2.28. The van der Waals surface area contributed by atoms with Gasteiger partial charge < -0.3 is 5.11 Å². The fraction of sp³-hybridized carbons (Fsp3) is 0.571. The standard InChI is InChI=1S/C14H21FO/c1-4-11(5-2)9-14(16)12-8-10(3)6-7-13(12)15/h6-8,11,14,16H,4-5,9H2,1-3H3. The third-order valence-corrected chi connectivity index (χ3v) is 3.22. The lowest BCUT2D eigenvalue weighted by molar-refractivity contribution is 0.137. The van der Waals surface area contributed by atoms with Gasteiger partial charge in [-0.25, -0.2) is 4.39 Å². The highest BCUT2D eigenvalue weighted by molar-refractivity contribution is 5.25. The van der Waals surface area contributed by atoms with E-state index in [1.165, 1.54) is 6.07 Å². The van der Waals surface area contributed by atoms with Gasteiger partial charge in [0.25, 0.3) is 0 Å².